The fourth-order valence-corrected chi connectivity index (χ4v) is 3.21. The second-order valence-electron chi connectivity index (χ2n) is 6.29. The number of fused-ring (bicyclic) bond motifs is 3. The Morgan fingerprint density at radius 1 is 1.08 bits per heavy atom. The van der Waals surface area contributed by atoms with E-state index in [1.54, 1.807) is 12.1 Å². The predicted molar refractivity (Wildman–Crippen MR) is 85.3 cm³/mol. The molecule has 0 unspecified atom stereocenters. The van der Waals surface area contributed by atoms with Gasteiger partial charge in [0.15, 0.2) is 5.76 Å². The quantitative estimate of drug-likeness (QED) is 0.452. The maximum Gasteiger partial charge on any atom is 0.312 e. The van der Waals surface area contributed by atoms with Crippen molar-refractivity contribution in [3.8, 4) is 11.5 Å². The Morgan fingerprint density at radius 2 is 1.88 bits per heavy atom. The lowest BCUT2D eigenvalue weighted by molar-refractivity contribution is -0.135. The molecule has 3 heterocycles. The third-order valence-electron chi connectivity index (χ3n) is 4.31. The molecule has 2 aromatic rings. The molecule has 2 aliphatic heterocycles. The zero-order valence-electron chi connectivity index (χ0n) is 13.6. The first-order chi connectivity index (χ1) is 11.5. The van der Waals surface area contributed by atoms with Crippen LogP contribution in [0.15, 0.2) is 40.0 Å². The average molecular weight is 324 g/mol. The number of hydrogen-bond acceptors (Lipinski definition) is 5. The summed E-state index contributed by atoms with van der Waals surface area (Å²) in [5.74, 6) is 1.87. The van der Waals surface area contributed by atoms with Gasteiger partial charge in [-0.25, -0.2) is 0 Å². The number of hydrogen-bond donors (Lipinski definition) is 0. The molecular formula is C19H16O5. The van der Waals surface area contributed by atoms with Crippen LogP contribution in [0.25, 0.3) is 0 Å². The van der Waals surface area contributed by atoms with Crippen molar-refractivity contribution in [1.82, 2.24) is 0 Å². The summed E-state index contributed by atoms with van der Waals surface area (Å²) in [5.41, 5.74) is 2.00. The number of ether oxygens (including phenoxy) is 2. The number of aryl methyl sites for hydroxylation is 1. The molecule has 4 rings (SSSR count). The molecule has 2 aliphatic rings. The molecule has 0 fully saturated rings. The number of allylic oxidation sites excluding steroid dienone is 2. The molecule has 1 aromatic carbocycles. The number of Topliss-reactive ketones (excluding diaryl/α,β-unsaturated/α-hetero) is 1. The molecule has 122 valence electrons. The third kappa shape index (κ3) is 2.08. The molecule has 1 atom stereocenters. The van der Waals surface area contributed by atoms with E-state index in [2.05, 4.69) is 0 Å². The highest BCUT2D eigenvalue weighted by Crippen LogP contribution is 2.49. The van der Waals surface area contributed by atoms with Gasteiger partial charge >= 0.3 is 5.97 Å². The summed E-state index contributed by atoms with van der Waals surface area (Å²) >= 11 is 0. The highest BCUT2D eigenvalue weighted by molar-refractivity contribution is 6.13. The van der Waals surface area contributed by atoms with Crippen LogP contribution in [0.4, 0.5) is 0 Å². The molecule has 0 spiro atoms. The normalized spacial score (nSPS) is 18.8. The molecule has 0 bridgehead atoms. The minimum absolute atomic E-state index is 0.140. The fraction of sp³-hybridized carbons (Fsp3) is 0.263. The van der Waals surface area contributed by atoms with Crippen LogP contribution >= 0.6 is 0 Å². The van der Waals surface area contributed by atoms with Crippen molar-refractivity contribution in [2.75, 3.05) is 0 Å². The summed E-state index contributed by atoms with van der Waals surface area (Å²) in [6.45, 7) is 5.51. The Morgan fingerprint density at radius 3 is 2.54 bits per heavy atom. The largest absolute Gasteiger partial charge is 0.466 e. The second kappa shape index (κ2) is 5.09. The number of esters is 1. The van der Waals surface area contributed by atoms with Gasteiger partial charge in [0.05, 0.1) is 17.9 Å². The highest BCUT2D eigenvalue weighted by atomic mass is 16.5. The van der Waals surface area contributed by atoms with Crippen molar-refractivity contribution in [3.05, 3.63) is 58.2 Å². The third-order valence-corrected chi connectivity index (χ3v) is 4.31. The van der Waals surface area contributed by atoms with Crippen LogP contribution in [0.2, 0.25) is 0 Å². The molecule has 24 heavy (non-hydrogen) atoms. The Kier molecular flexibility index (Phi) is 3.13. The summed E-state index contributed by atoms with van der Waals surface area (Å²) in [5, 5.41) is 0. The molecule has 0 saturated heterocycles. The topological polar surface area (TPSA) is 65.7 Å². The van der Waals surface area contributed by atoms with Gasteiger partial charge in [0.1, 0.15) is 23.0 Å². The van der Waals surface area contributed by atoms with Gasteiger partial charge in [-0.1, -0.05) is 0 Å². The van der Waals surface area contributed by atoms with Crippen LogP contribution < -0.4 is 9.47 Å². The van der Waals surface area contributed by atoms with E-state index >= 15 is 0 Å². The van der Waals surface area contributed by atoms with E-state index in [-0.39, 0.29) is 24.1 Å². The molecule has 0 N–H and O–H groups in total. The molecule has 5 heteroatoms. The van der Waals surface area contributed by atoms with Gasteiger partial charge in [-0.05, 0) is 50.6 Å². The monoisotopic (exact) mass is 324 g/mol. The van der Waals surface area contributed by atoms with Gasteiger partial charge in [-0.15, -0.1) is 0 Å². The lowest BCUT2D eigenvalue weighted by Gasteiger charge is -2.24. The maximum absolute atomic E-state index is 12.5. The van der Waals surface area contributed by atoms with Crippen LogP contribution in [0.5, 0.6) is 11.5 Å². The van der Waals surface area contributed by atoms with E-state index in [0.29, 0.717) is 34.1 Å². The Bertz CT molecular complexity index is 912. The van der Waals surface area contributed by atoms with Gasteiger partial charge in [0.2, 0.25) is 5.78 Å². The molecule has 5 nitrogen and oxygen atoms in total. The molecule has 0 amide bonds. The van der Waals surface area contributed by atoms with E-state index < -0.39 is 0 Å². The van der Waals surface area contributed by atoms with E-state index in [1.807, 2.05) is 32.9 Å². The van der Waals surface area contributed by atoms with Gasteiger partial charge in [0, 0.05) is 5.56 Å². The van der Waals surface area contributed by atoms with E-state index in [4.69, 9.17) is 13.9 Å². The lowest BCUT2D eigenvalue weighted by atomic mass is 9.88. The number of carbonyl (C=O) groups excluding carboxylic acids is 2. The minimum atomic E-state index is -0.326. The lowest BCUT2D eigenvalue weighted by Crippen LogP contribution is -2.21. The number of furan rings is 1. The zero-order valence-corrected chi connectivity index (χ0v) is 13.6. The SMILES string of the molecule is CC(C)=C1Oc2c(ccc3c2[C@@H](c2ccc(C)o2)CC(=O)O3)C1=O. The van der Waals surface area contributed by atoms with E-state index in [9.17, 15) is 9.59 Å². The van der Waals surface area contributed by atoms with Crippen LogP contribution in [0, 0.1) is 6.92 Å². The Hall–Kier alpha value is -2.82. The van der Waals surface area contributed by atoms with Gasteiger partial charge in [-0.3, -0.25) is 9.59 Å². The van der Waals surface area contributed by atoms with E-state index in [0.717, 1.165) is 11.3 Å². The summed E-state index contributed by atoms with van der Waals surface area (Å²) in [6, 6.07) is 7.00. The summed E-state index contributed by atoms with van der Waals surface area (Å²) in [7, 11) is 0. The molecular weight excluding hydrogens is 308 g/mol. The number of rotatable bonds is 1. The molecule has 1 aromatic heterocycles. The molecule has 0 radical (unpaired) electrons. The van der Waals surface area contributed by atoms with E-state index in [1.165, 1.54) is 0 Å². The van der Waals surface area contributed by atoms with Crippen molar-refractivity contribution in [3.63, 3.8) is 0 Å². The Labute approximate surface area is 138 Å². The van der Waals surface area contributed by atoms with Crippen LogP contribution in [-0.4, -0.2) is 11.8 Å². The van der Waals surface area contributed by atoms with Crippen molar-refractivity contribution < 1.29 is 23.5 Å². The van der Waals surface area contributed by atoms with Crippen molar-refractivity contribution in [2.24, 2.45) is 0 Å². The molecule has 0 aliphatic carbocycles. The number of ketones is 1. The van der Waals surface area contributed by atoms with Gasteiger partial charge < -0.3 is 13.9 Å². The average Bonchev–Trinajstić information content (AvgIpc) is 3.10. The summed E-state index contributed by atoms with van der Waals surface area (Å²) < 4.78 is 17.0. The maximum atomic E-state index is 12.5. The smallest absolute Gasteiger partial charge is 0.312 e. The molecule has 0 saturated carbocycles. The summed E-state index contributed by atoms with van der Waals surface area (Å²) in [4.78, 5) is 24.5. The minimum Gasteiger partial charge on any atom is -0.466 e. The van der Waals surface area contributed by atoms with Crippen LogP contribution in [-0.2, 0) is 4.79 Å². The highest BCUT2D eigenvalue weighted by Gasteiger charge is 2.39. The first-order valence-corrected chi connectivity index (χ1v) is 7.79. The Balaban J connectivity index is 1.93. The van der Waals surface area contributed by atoms with Crippen molar-refractivity contribution in [2.45, 2.75) is 33.1 Å². The van der Waals surface area contributed by atoms with Gasteiger partial charge in [-0.2, -0.15) is 0 Å². The number of benzene rings is 1. The fourth-order valence-electron chi connectivity index (χ4n) is 3.21. The van der Waals surface area contributed by atoms with Crippen molar-refractivity contribution >= 4 is 11.8 Å². The standard InChI is InChI=1S/C19H16O5/c1-9(2)18-17(21)11-5-7-14-16(19(11)24-18)12(8-15(20)23-14)13-6-4-10(3)22-13/h4-7,12H,8H2,1-3H3/t12-/m1/s1. The van der Waals surface area contributed by atoms with Crippen LogP contribution in [0.1, 0.15) is 53.6 Å². The summed E-state index contributed by atoms with van der Waals surface area (Å²) in [6.07, 6.45) is 0.151. The second-order valence-corrected chi connectivity index (χ2v) is 6.29. The predicted octanol–water partition coefficient (Wildman–Crippen LogP) is 3.90. The van der Waals surface area contributed by atoms with Crippen LogP contribution in [0.3, 0.4) is 0 Å². The van der Waals surface area contributed by atoms with Crippen molar-refractivity contribution in [1.29, 1.82) is 0 Å². The number of carbonyl (C=O) groups is 2. The zero-order chi connectivity index (χ0) is 17.0. The first kappa shape index (κ1) is 14.8. The van der Waals surface area contributed by atoms with Gasteiger partial charge in [0.25, 0.3) is 0 Å². The first-order valence-electron chi connectivity index (χ1n) is 7.79.